The lowest BCUT2D eigenvalue weighted by Gasteiger charge is -2.28. The van der Waals surface area contributed by atoms with Gasteiger partial charge in [0.25, 0.3) is 0 Å². The molecule has 4 rings (SSSR count). The first kappa shape index (κ1) is 15.5. The van der Waals surface area contributed by atoms with Gasteiger partial charge in [0.1, 0.15) is 0 Å². The van der Waals surface area contributed by atoms with E-state index in [9.17, 15) is 9.90 Å². The van der Waals surface area contributed by atoms with Crippen LogP contribution < -0.4 is 0 Å². The number of fused-ring (bicyclic) bond motifs is 1. The van der Waals surface area contributed by atoms with E-state index in [-0.39, 0.29) is 5.92 Å². The van der Waals surface area contributed by atoms with Crippen LogP contribution in [0, 0.1) is 18.3 Å². The normalized spacial score (nSPS) is 32.7. The van der Waals surface area contributed by atoms with Crippen LogP contribution in [0.25, 0.3) is 0 Å². The number of aromatic nitrogens is 1. The highest BCUT2D eigenvalue weighted by Gasteiger charge is 2.58. The number of rotatable bonds is 4. The van der Waals surface area contributed by atoms with Gasteiger partial charge >= 0.3 is 5.97 Å². The van der Waals surface area contributed by atoms with Crippen molar-refractivity contribution in [2.75, 3.05) is 26.2 Å². The minimum absolute atomic E-state index is 0.264. The molecule has 0 aromatic carbocycles. The largest absolute Gasteiger partial charge is 0.481 e. The molecule has 5 nitrogen and oxygen atoms in total. The number of carboxylic acids is 1. The van der Waals surface area contributed by atoms with Gasteiger partial charge in [-0.3, -0.25) is 14.6 Å². The van der Waals surface area contributed by atoms with Gasteiger partial charge in [0.2, 0.25) is 0 Å². The van der Waals surface area contributed by atoms with Crippen molar-refractivity contribution in [2.45, 2.75) is 45.2 Å². The highest BCUT2D eigenvalue weighted by Crippen LogP contribution is 2.45. The first-order chi connectivity index (χ1) is 11.1. The van der Waals surface area contributed by atoms with Crippen LogP contribution in [0.3, 0.4) is 0 Å². The van der Waals surface area contributed by atoms with Crippen molar-refractivity contribution >= 4 is 17.3 Å². The van der Waals surface area contributed by atoms with Crippen LogP contribution in [0.2, 0.25) is 0 Å². The molecule has 0 radical (unpaired) electrons. The zero-order chi connectivity index (χ0) is 16.0. The quantitative estimate of drug-likeness (QED) is 0.914. The second kappa shape index (κ2) is 5.83. The lowest BCUT2D eigenvalue weighted by atomic mass is 9.81. The minimum atomic E-state index is -0.597. The summed E-state index contributed by atoms with van der Waals surface area (Å²) in [7, 11) is 0. The fourth-order valence-electron chi connectivity index (χ4n) is 4.89. The number of aliphatic carboxylic acids is 1. The SMILES string of the molecule is Cc1nc(CN2C[C@H]3CN(C4CCCC4)C[C@@]3(C(=O)O)C2)cs1. The third-order valence-electron chi connectivity index (χ3n) is 6.03. The van der Waals surface area contributed by atoms with E-state index in [1.54, 1.807) is 11.3 Å². The maximum Gasteiger partial charge on any atom is 0.312 e. The molecule has 6 heteroatoms. The van der Waals surface area contributed by atoms with Crippen molar-refractivity contribution in [2.24, 2.45) is 11.3 Å². The lowest BCUT2D eigenvalue weighted by Crippen LogP contribution is -2.42. The Balaban J connectivity index is 1.47. The Kier molecular flexibility index (Phi) is 3.94. The molecule has 0 unspecified atom stereocenters. The molecule has 1 aliphatic carbocycles. The smallest absolute Gasteiger partial charge is 0.312 e. The Morgan fingerprint density at radius 2 is 2.17 bits per heavy atom. The minimum Gasteiger partial charge on any atom is -0.481 e. The maximum absolute atomic E-state index is 12.1. The van der Waals surface area contributed by atoms with Crippen LogP contribution in [-0.4, -0.2) is 58.1 Å². The highest BCUT2D eigenvalue weighted by atomic mass is 32.1. The average Bonchev–Trinajstić information content (AvgIpc) is 3.21. The fraction of sp³-hybridized carbons (Fsp3) is 0.765. The van der Waals surface area contributed by atoms with Crippen molar-refractivity contribution in [3.63, 3.8) is 0 Å². The average molecular weight is 335 g/mol. The molecule has 0 bridgehead atoms. The summed E-state index contributed by atoms with van der Waals surface area (Å²) in [6.07, 6.45) is 5.12. The summed E-state index contributed by atoms with van der Waals surface area (Å²) in [6, 6.07) is 0.631. The van der Waals surface area contributed by atoms with Gasteiger partial charge < -0.3 is 5.11 Å². The molecular weight excluding hydrogens is 310 g/mol. The Labute approximate surface area is 141 Å². The van der Waals surface area contributed by atoms with E-state index in [2.05, 4.69) is 20.2 Å². The Bertz CT molecular complexity index is 598. The summed E-state index contributed by atoms with van der Waals surface area (Å²) in [4.78, 5) is 21.4. The van der Waals surface area contributed by atoms with Crippen molar-refractivity contribution in [1.82, 2.24) is 14.8 Å². The first-order valence-corrected chi connectivity index (χ1v) is 9.55. The van der Waals surface area contributed by atoms with E-state index in [0.29, 0.717) is 12.6 Å². The van der Waals surface area contributed by atoms with Gasteiger partial charge in [-0.1, -0.05) is 12.8 Å². The molecular formula is C17H25N3O2S. The first-order valence-electron chi connectivity index (χ1n) is 8.68. The molecule has 2 atom stereocenters. The van der Waals surface area contributed by atoms with Crippen molar-refractivity contribution in [3.05, 3.63) is 16.1 Å². The Morgan fingerprint density at radius 1 is 1.39 bits per heavy atom. The number of likely N-dealkylation sites (tertiary alicyclic amines) is 2. The van der Waals surface area contributed by atoms with E-state index < -0.39 is 11.4 Å². The van der Waals surface area contributed by atoms with Crippen molar-refractivity contribution in [1.29, 1.82) is 0 Å². The Hall–Kier alpha value is -0.980. The number of carbonyl (C=O) groups is 1. The molecule has 0 amide bonds. The zero-order valence-electron chi connectivity index (χ0n) is 13.7. The summed E-state index contributed by atoms with van der Waals surface area (Å²) >= 11 is 1.67. The molecule has 0 spiro atoms. The van der Waals surface area contributed by atoms with E-state index in [4.69, 9.17) is 0 Å². The number of thiazole rings is 1. The van der Waals surface area contributed by atoms with Gasteiger partial charge in [-0.05, 0) is 19.8 Å². The van der Waals surface area contributed by atoms with Gasteiger partial charge in [0.15, 0.2) is 0 Å². The molecule has 1 N–H and O–H groups in total. The summed E-state index contributed by atoms with van der Waals surface area (Å²) in [5.74, 6) is -0.333. The maximum atomic E-state index is 12.1. The van der Waals surface area contributed by atoms with Gasteiger partial charge in [0.05, 0.1) is 16.1 Å². The predicted octanol–water partition coefficient (Wildman–Crippen LogP) is 2.21. The molecule has 3 aliphatic rings. The number of hydrogen-bond donors (Lipinski definition) is 1. The predicted molar refractivity (Wildman–Crippen MR) is 89.5 cm³/mol. The molecule has 1 aromatic heterocycles. The molecule has 1 aromatic rings. The van der Waals surface area contributed by atoms with Gasteiger partial charge in [-0.25, -0.2) is 4.98 Å². The summed E-state index contributed by atoms with van der Waals surface area (Å²) in [6.45, 7) is 6.08. The van der Waals surface area contributed by atoms with E-state index in [0.717, 1.165) is 36.9 Å². The van der Waals surface area contributed by atoms with E-state index in [1.807, 2.05) is 6.92 Å². The van der Waals surface area contributed by atoms with Crippen LogP contribution >= 0.6 is 11.3 Å². The molecule has 23 heavy (non-hydrogen) atoms. The second-order valence-electron chi connectivity index (χ2n) is 7.55. The third kappa shape index (κ3) is 2.71. The number of aryl methyl sites for hydroxylation is 1. The molecule has 126 valence electrons. The summed E-state index contributed by atoms with van der Waals surface area (Å²) in [5.41, 5.74) is 0.522. The van der Waals surface area contributed by atoms with Gasteiger partial charge in [-0.2, -0.15) is 0 Å². The third-order valence-corrected chi connectivity index (χ3v) is 6.85. The monoisotopic (exact) mass is 335 g/mol. The van der Waals surface area contributed by atoms with Crippen LogP contribution in [-0.2, 0) is 11.3 Å². The molecule has 2 aliphatic heterocycles. The summed E-state index contributed by atoms with van der Waals surface area (Å²) < 4.78 is 0. The molecule has 3 heterocycles. The van der Waals surface area contributed by atoms with E-state index >= 15 is 0 Å². The number of hydrogen-bond acceptors (Lipinski definition) is 5. The number of carboxylic acid groups (broad SMARTS) is 1. The molecule has 2 saturated heterocycles. The van der Waals surface area contributed by atoms with Crippen molar-refractivity contribution in [3.8, 4) is 0 Å². The highest BCUT2D eigenvalue weighted by molar-refractivity contribution is 7.09. The van der Waals surface area contributed by atoms with E-state index in [1.165, 1.54) is 25.7 Å². The van der Waals surface area contributed by atoms with Gasteiger partial charge in [0, 0.05) is 50.1 Å². The fourth-order valence-corrected chi connectivity index (χ4v) is 5.49. The van der Waals surface area contributed by atoms with Crippen LogP contribution in [0.4, 0.5) is 0 Å². The van der Waals surface area contributed by atoms with Gasteiger partial charge in [-0.15, -0.1) is 11.3 Å². The van der Waals surface area contributed by atoms with Crippen LogP contribution in [0.5, 0.6) is 0 Å². The molecule has 1 saturated carbocycles. The standard InChI is InChI=1S/C17H25N3O2S/c1-12-18-14(9-23-12)8-19-6-13-7-20(15-4-2-3-5-15)11-17(13,10-19)16(21)22/h9,13,15H,2-8,10-11H2,1H3,(H,21,22)/t13-,17-/m0/s1. The zero-order valence-corrected chi connectivity index (χ0v) is 14.5. The van der Waals surface area contributed by atoms with Crippen LogP contribution in [0.1, 0.15) is 36.4 Å². The topological polar surface area (TPSA) is 56.7 Å². The van der Waals surface area contributed by atoms with Crippen molar-refractivity contribution < 1.29 is 9.90 Å². The van der Waals surface area contributed by atoms with Crippen LogP contribution in [0.15, 0.2) is 5.38 Å². The number of nitrogens with zero attached hydrogens (tertiary/aromatic N) is 3. The molecule has 3 fully saturated rings. The Morgan fingerprint density at radius 3 is 2.78 bits per heavy atom. The summed E-state index contributed by atoms with van der Waals surface area (Å²) in [5, 5.41) is 13.1. The lowest BCUT2D eigenvalue weighted by molar-refractivity contribution is -0.149. The second-order valence-corrected chi connectivity index (χ2v) is 8.62.